The number of amides is 1. The zero-order valence-corrected chi connectivity index (χ0v) is 11.6. The van der Waals surface area contributed by atoms with Crippen molar-refractivity contribution < 1.29 is 4.79 Å². The highest BCUT2D eigenvalue weighted by Crippen LogP contribution is 2.16. The summed E-state index contributed by atoms with van der Waals surface area (Å²) < 4.78 is 0. The fourth-order valence-corrected chi connectivity index (χ4v) is 1.87. The Morgan fingerprint density at radius 1 is 1.50 bits per heavy atom. The van der Waals surface area contributed by atoms with Crippen LogP contribution in [0.25, 0.3) is 0 Å². The second kappa shape index (κ2) is 7.05. The van der Waals surface area contributed by atoms with E-state index in [1.54, 1.807) is 6.20 Å². The molecule has 0 saturated carbocycles. The number of likely N-dealkylation sites (tertiary alicyclic amines) is 1. The third kappa shape index (κ3) is 4.79. The van der Waals surface area contributed by atoms with Gasteiger partial charge in [0.2, 0.25) is 0 Å². The Morgan fingerprint density at radius 2 is 2.11 bits per heavy atom. The van der Waals surface area contributed by atoms with Gasteiger partial charge in [-0.05, 0) is 24.7 Å². The quantitative estimate of drug-likeness (QED) is 0.611. The smallest absolute Gasteiger partial charge is 0.263 e. The molecule has 0 aromatic rings. The van der Waals surface area contributed by atoms with Crippen molar-refractivity contribution in [3.63, 3.8) is 0 Å². The number of nitrogens with zero attached hydrogens (tertiary/aromatic N) is 2. The third-order valence-electron chi connectivity index (χ3n) is 3.17. The molecule has 0 atom stereocenters. The minimum Gasteiger partial charge on any atom is -0.376 e. The van der Waals surface area contributed by atoms with Gasteiger partial charge in [0.1, 0.15) is 11.6 Å². The number of carbonyl (C=O) groups is 1. The minimum absolute atomic E-state index is 0.213. The molecule has 1 rings (SSSR count). The highest BCUT2D eigenvalue weighted by atomic mass is 16.1. The maximum atomic E-state index is 11.8. The number of rotatable bonds is 4. The third-order valence-corrected chi connectivity index (χ3v) is 3.17. The van der Waals surface area contributed by atoms with Crippen LogP contribution in [-0.4, -0.2) is 30.4 Å². The van der Waals surface area contributed by atoms with E-state index in [-0.39, 0.29) is 11.5 Å². The first kappa shape index (κ1) is 14.6. The number of nitrogens with one attached hydrogen (secondary N) is 1. The molecule has 4 nitrogen and oxygen atoms in total. The van der Waals surface area contributed by atoms with Gasteiger partial charge in [-0.2, -0.15) is 5.26 Å². The molecule has 1 aliphatic heterocycles. The van der Waals surface area contributed by atoms with Crippen molar-refractivity contribution in [3.05, 3.63) is 11.8 Å². The maximum absolute atomic E-state index is 11.8. The van der Waals surface area contributed by atoms with Crippen molar-refractivity contribution in [2.45, 2.75) is 33.6 Å². The summed E-state index contributed by atoms with van der Waals surface area (Å²) in [7, 11) is 0. The van der Waals surface area contributed by atoms with Gasteiger partial charge in [0.15, 0.2) is 0 Å². The standard InChI is InChI=1S/C14H23N3O/c1-11(2)9-16-14(18)13(8-15)10-17-6-4-12(3)5-7-17/h10-12H,4-7,9H2,1-3H3,(H,16,18)/b13-10-. The van der Waals surface area contributed by atoms with Gasteiger partial charge in [0.05, 0.1) is 0 Å². The summed E-state index contributed by atoms with van der Waals surface area (Å²) in [6, 6.07) is 1.99. The van der Waals surface area contributed by atoms with E-state index in [4.69, 9.17) is 5.26 Å². The van der Waals surface area contributed by atoms with Gasteiger partial charge in [-0.1, -0.05) is 20.8 Å². The Morgan fingerprint density at radius 3 is 2.61 bits per heavy atom. The van der Waals surface area contributed by atoms with Gasteiger partial charge in [-0.25, -0.2) is 0 Å². The van der Waals surface area contributed by atoms with Crippen molar-refractivity contribution >= 4 is 5.91 Å². The lowest BCUT2D eigenvalue weighted by Gasteiger charge is -2.29. The molecule has 1 aliphatic rings. The van der Waals surface area contributed by atoms with E-state index in [0.29, 0.717) is 12.5 Å². The number of carbonyl (C=O) groups excluding carboxylic acids is 1. The molecule has 0 aromatic carbocycles. The van der Waals surface area contributed by atoms with Gasteiger partial charge in [0.25, 0.3) is 5.91 Å². The number of nitriles is 1. The molecule has 0 unspecified atom stereocenters. The first-order valence-corrected chi connectivity index (χ1v) is 6.67. The molecule has 1 N–H and O–H groups in total. The molecule has 1 amide bonds. The first-order chi connectivity index (χ1) is 8.52. The largest absolute Gasteiger partial charge is 0.376 e. The fourth-order valence-electron chi connectivity index (χ4n) is 1.87. The lowest BCUT2D eigenvalue weighted by atomic mass is 9.99. The van der Waals surface area contributed by atoms with Crippen LogP contribution in [-0.2, 0) is 4.79 Å². The second-order valence-electron chi connectivity index (χ2n) is 5.48. The molecule has 100 valence electrons. The lowest BCUT2D eigenvalue weighted by Crippen LogP contribution is -2.32. The number of hydrogen-bond acceptors (Lipinski definition) is 3. The van der Waals surface area contributed by atoms with Crippen molar-refractivity contribution in [2.24, 2.45) is 11.8 Å². The number of hydrogen-bond donors (Lipinski definition) is 1. The Kier molecular flexibility index (Phi) is 5.70. The van der Waals surface area contributed by atoms with Crippen LogP contribution in [0.15, 0.2) is 11.8 Å². The Hall–Kier alpha value is -1.50. The first-order valence-electron chi connectivity index (χ1n) is 6.67. The predicted octanol–water partition coefficient (Wildman–Crippen LogP) is 1.90. The van der Waals surface area contributed by atoms with Crippen LogP contribution in [0.3, 0.4) is 0 Å². The van der Waals surface area contributed by atoms with Gasteiger partial charge < -0.3 is 10.2 Å². The van der Waals surface area contributed by atoms with Crippen LogP contribution in [0.2, 0.25) is 0 Å². The van der Waals surface area contributed by atoms with Gasteiger partial charge in [-0.3, -0.25) is 4.79 Å². The summed E-state index contributed by atoms with van der Waals surface area (Å²) in [5, 5.41) is 11.8. The molecule has 0 bridgehead atoms. The van der Waals surface area contributed by atoms with E-state index in [1.165, 1.54) is 0 Å². The number of piperidine rings is 1. The minimum atomic E-state index is -0.259. The summed E-state index contributed by atoms with van der Waals surface area (Å²) in [5.41, 5.74) is 0.213. The lowest BCUT2D eigenvalue weighted by molar-refractivity contribution is -0.117. The summed E-state index contributed by atoms with van der Waals surface area (Å²) >= 11 is 0. The monoisotopic (exact) mass is 249 g/mol. The highest BCUT2D eigenvalue weighted by molar-refractivity contribution is 5.97. The van der Waals surface area contributed by atoms with Crippen molar-refractivity contribution in [2.75, 3.05) is 19.6 Å². The Balaban J connectivity index is 2.54. The SMILES string of the molecule is CC(C)CNC(=O)/C(C#N)=C\N1CCC(C)CC1. The van der Waals surface area contributed by atoms with E-state index in [2.05, 4.69) is 17.1 Å². The molecule has 4 heteroatoms. The van der Waals surface area contributed by atoms with E-state index in [9.17, 15) is 4.79 Å². The van der Waals surface area contributed by atoms with E-state index in [1.807, 2.05) is 19.9 Å². The summed E-state index contributed by atoms with van der Waals surface area (Å²) in [5.74, 6) is 0.879. The second-order valence-corrected chi connectivity index (χ2v) is 5.48. The maximum Gasteiger partial charge on any atom is 0.263 e. The molecule has 0 aliphatic carbocycles. The van der Waals surface area contributed by atoms with Crippen LogP contribution in [0.1, 0.15) is 33.6 Å². The summed E-state index contributed by atoms with van der Waals surface area (Å²) in [4.78, 5) is 13.9. The molecule has 1 fully saturated rings. The van der Waals surface area contributed by atoms with E-state index < -0.39 is 0 Å². The van der Waals surface area contributed by atoms with Crippen LogP contribution >= 0.6 is 0 Å². The van der Waals surface area contributed by atoms with Crippen LogP contribution in [0.4, 0.5) is 0 Å². The van der Waals surface area contributed by atoms with Crippen molar-refractivity contribution in [1.29, 1.82) is 5.26 Å². The Bertz CT molecular complexity index is 347. The molecule has 18 heavy (non-hydrogen) atoms. The zero-order chi connectivity index (χ0) is 13.5. The average molecular weight is 249 g/mol. The molecular weight excluding hydrogens is 226 g/mol. The average Bonchev–Trinajstić information content (AvgIpc) is 2.35. The topological polar surface area (TPSA) is 56.1 Å². The van der Waals surface area contributed by atoms with Crippen molar-refractivity contribution in [3.8, 4) is 6.07 Å². The highest BCUT2D eigenvalue weighted by Gasteiger charge is 2.16. The molecule has 1 saturated heterocycles. The van der Waals surface area contributed by atoms with Crippen LogP contribution < -0.4 is 5.32 Å². The van der Waals surface area contributed by atoms with Crippen LogP contribution in [0.5, 0.6) is 0 Å². The predicted molar refractivity (Wildman–Crippen MR) is 71.5 cm³/mol. The molecule has 0 aromatic heterocycles. The van der Waals surface area contributed by atoms with Gasteiger partial charge >= 0.3 is 0 Å². The molecule has 1 heterocycles. The van der Waals surface area contributed by atoms with Gasteiger partial charge in [-0.15, -0.1) is 0 Å². The molecule has 0 radical (unpaired) electrons. The fraction of sp³-hybridized carbons (Fsp3) is 0.714. The van der Waals surface area contributed by atoms with E-state index >= 15 is 0 Å². The van der Waals surface area contributed by atoms with Crippen molar-refractivity contribution in [1.82, 2.24) is 10.2 Å². The summed E-state index contributed by atoms with van der Waals surface area (Å²) in [6.45, 7) is 8.77. The molecular formula is C14H23N3O. The van der Waals surface area contributed by atoms with E-state index in [0.717, 1.165) is 31.8 Å². The normalized spacial score (nSPS) is 17.7. The summed E-state index contributed by atoms with van der Waals surface area (Å²) in [6.07, 6.45) is 3.97. The van der Waals surface area contributed by atoms with Crippen LogP contribution in [0, 0.1) is 23.2 Å². The molecule has 0 spiro atoms. The van der Waals surface area contributed by atoms with Gasteiger partial charge in [0, 0.05) is 25.8 Å². The Labute approximate surface area is 110 Å². The zero-order valence-electron chi connectivity index (χ0n) is 11.6.